The smallest absolute Gasteiger partial charge is 0.207 e. The van der Waals surface area contributed by atoms with Crippen LogP contribution in [0.5, 0.6) is 0 Å². The van der Waals surface area contributed by atoms with Crippen molar-refractivity contribution in [3.8, 4) is 0 Å². The van der Waals surface area contributed by atoms with Crippen molar-refractivity contribution in [2.24, 2.45) is 0 Å². The second kappa shape index (κ2) is 6.82. The SMILES string of the molecule is Cc1cccc(Cl)c1CNS(=O)(=O)c1ccc(C(C)C)cc1. The molecule has 0 aliphatic rings. The highest BCUT2D eigenvalue weighted by Gasteiger charge is 2.15. The molecule has 2 aromatic rings. The van der Waals surface area contributed by atoms with E-state index in [9.17, 15) is 8.42 Å². The van der Waals surface area contributed by atoms with Crippen molar-refractivity contribution >= 4 is 21.6 Å². The fourth-order valence-electron chi connectivity index (χ4n) is 2.17. The molecule has 0 heterocycles. The van der Waals surface area contributed by atoms with E-state index in [1.165, 1.54) is 0 Å². The molecule has 0 unspecified atom stereocenters. The molecule has 0 aliphatic carbocycles. The van der Waals surface area contributed by atoms with Crippen molar-refractivity contribution in [3.05, 3.63) is 64.2 Å². The molecule has 0 saturated heterocycles. The predicted molar refractivity (Wildman–Crippen MR) is 90.7 cm³/mol. The molecule has 0 atom stereocenters. The zero-order valence-electron chi connectivity index (χ0n) is 12.9. The molecule has 22 heavy (non-hydrogen) atoms. The van der Waals surface area contributed by atoms with Crippen molar-refractivity contribution in [1.29, 1.82) is 0 Å². The number of halogens is 1. The van der Waals surface area contributed by atoms with Crippen LogP contribution in [0.15, 0.2) is 47.4 Å². The van der Waals surface area contributed by atoms with Gasteiger partial charge in [-0.2, -0.15) is 0 Å². The quantitative estimate of drug-likeness (QED) is 0.886. The van der Waals surface area contributed by atoms with Gasteiger partial charge in [0.25, 0.3) is 0 Å². The Labute approximate surface area is 137 Å². The monoisotopic (exact) mass is 337 g/mol. The van der Waals surface area contributed by atoms with Gasteiger partial charge >= 0.3 is 0 Å². The van der Waals surface area contributed by atoms with Gasteiger partial charge in [-0.1, -0.05) is 49.7 Å². The van der Waals surface area contributed by atoms with E-state index in [4.69, 9.17) is 11.6 Å². The van der Waals surface area contributed by atoms with Crippen molar-refractivity contribution in [2.75, 3.05) is 0 Å². The van der Waals surface area contributed by atoms with Gasteiger partial charge < -0.3 is 0 Å². The molecule has 2 aromatic carbocycles. The predicted octanol–water partition coefficient (Wildman–Crippen LogP) is 4.25. The van der Waals surface area contributed by atoms with Crippen LogP contribution in [0, 0.1) is 6.92 Å². The summed E-state index contributed by atoms with van der Waals surface area (Å²) in [5.74, 6) is 0.371. The highest BCUT2D eigenvalue weighted by molar-refractivity contribution is 7.89. The minimum atomic E-state index is -3.54. The summed E-state index contributed by atoms with van der Waals surface area (Å²) in [5, 5.41) is 0.567. The Morgan fingerprint density at radius 1 is 1.09 bits per heavy atom. The fourth-order valence-corrected chi connectivity index (χ4v) is 3.46. The first kappa shape index (κ1) is 17.0. The van der Waals surface area contributed by atoms with E-state index in [1.54, 1.807) is 18.2 Å². The van der Waals surface area contributed by atoms with Crippen molar-refractivity contribution in [2.45, 2.75) is 38.1 Å². The number of hydrogen-bond donors (Lipinski definition) is 1. The summed E-state index contributed by atoms with van der Waals surface area (Å²) >= 11 is 6.13. The largest absolute Gasteiger partial charge is 0.240 e. The molecule has 3 nitrogen and oxygen atoms in total. The lowest BCUT2D eigenvalue weighted by Gasteiger charge is -2.11. The Bertz CT molecular complexity index is 732. The van der Waals surface area contributed by atoms with Crippen LogP contribution in [0.1, 0.15) is 36.5 Å². The average molecular weight is 338 g/mol. The summed E-state index contributed by atoms with van der Waals surface area (Å²) in [6.45, 7) is 6.23. The third-order valence-corrected chi connectivity index (χ3v) is 5.42. The Morgan fingerprint density at radius 2 is 1.73 bits per heavy atom. The van der Waals surface area contributed by atoms with Gasteiger partial charge in [0.15, 0.2) is 0 Å². The molecule has 0 fully saturated rings. The van der Waals surface area contributed by atoms with E-state index in [0.29, 0.717) is 10.9 Å². The van der Waals surface area contributed by atoms with E-state index in [2.05, 4.69) is 18.6 Å². The van der Waals surface area contributed by atoms with Crippen molar-refractivity contribution < 1.29 is 8.42 Å². The van der Waals surface area contributed by atoms with Gasteiger partial charge in [-0.25, -0.2) is 13.1 Å². The summed E-state index contributed by atoms with van der Waals surface area (Å²) < 4.78 is 27.3. The number of sulfonamides is 1. The first-order valence-corrected chi connectivity index (χ1v) is 9.01. The summed E-state index contributed by atoms with van der Waals surface area (Å²) in [4.78, 5) is 0.265. The molecular formula is C17H20ClNO2S. The van der Waals surface area contributed by atoms with E-state index in [-0.39, 0.29) is 11.4 Å². The van der Waals surface area contributed by atoms with Crippen LogP contribution in [-0.2, 0) is 16.6 Å². The molecule has 0 saturated carbocycles. The molecule has 1 N–H and O–H groups in total. The number of hydrogen-bond acceptors (Lipinski definition) is 2. The minimum absolute atomic E-state index is 0.180. The molecule has 0 aliphatic heterocycles. The van der Waals surface area contributed by atoms with Gasteiger partial charge in [-0.05, 0) is 47.7 Å². The second-order valence-electron chi connectivity index (χ2n) is 5.58. The third-order valence-electron chi connectivity index (χ3n) is 3.65. The number of benzene rings is 2. The normalized spacial score (nSPS) is 11.9. The Balaban J connectivity index is 2.18. The number of nitrogens with one attached hydrogen (secondary N) is 1. The Kier molecular flexibility index (Phi) is 5.27. The van der Waals surface area contributed by atoms with Gasteiger partial charge in [0, 0.05) is 11.6 Å². The van der Waals surface area contributed by atoms with Crippen molar-refractivity contribution in [1.82, 2.24) is 4.72 Å². The zero-order chi connectivity index (χ0) is 16.3. The van der Waals surface area contributed by atoms with Crippen molar-refractivity contribution in [3.63, 3.8) is 0 Å². The van der Waals surface area contributed by atoms with Crippen LogP contribution < -0.4 is 4.72 Å². The molecule has 0 bridgehead atoms. The molecule has 0 radical (unpaired) electrons. The second-order valence-corrected chi connectivity index (χ2v) is 7.76. The van der Waals surface area contributed by atoms with Crippen LogP contribution in [0.4, 0.5) is 0 Å². The first-order valence-electron chi connectivity index (χ1n) is 7.15. The maximum absolute atomic E-state index is 12.4. The van der Waals surface area contributed by atoms with Gasteiger partial charge in [-0.3, -0.25) is 0 Å². The summed E-state index contributed by atoms with van der Waals surface area (Å²) in [7, 11) is -3.54. The van der Waals surface area contributed by atoms with Crippen LogP contribution >= 0.6 is 11.6 Å². The molecule has 0 aromatic heterocycles. The molecule has 2 rings (SSSR count). The van der Waals surface area contributed by atoms with Gasteiger partial charge in [-0.15, -0.1) is 0 Å². The molecule has 5 heteroatoms. The maximum Gasteiger partial charge on any atom is 0.240 e. The van der Waals surface area contributed by atoms with E-state index < -0.39 is 10.0 Å². The Morgan fingerprint density at radius 3 is 2.27 bits per heavy atom. The number of aryl methyl sites for hydroxylation is 1. The summed E-state index contributed by atoms with van der Waals surface area (Å²) in [5.41, 5.74) is 2.87. The molecule has 0 amide bonds. The highest BCUT2D eigenvalue weighted by Crippen LogP contribution is 2.21. The maximum atomic E-state index is 12.4. The van der Waals surface area contributed by atoms with Gasteiger partial charge in [0.1, 0.15) is 0 Å². The van der Waals surface area contributed by atoms with E-state index in [0.717, 1.165) is 16.7 Å². The molecule has 0 spiro atoms. The average Bonchev–Trinajstić information content (AvgIpc) is 2.46. The van der Waals surface area contributed by atoms with Crippen LogP contribution in [-0.4, -0.2) is 8.42 Å². The van der Waals surface area contributed by atoms with E-state index in [1.807, 2.05) is 31.2 Å². The first-order chi connectivity index (χ1) is 10.3. The van der Waals surface area contributed by atoms with Crippen LogP contribution in [0.3, 0.4) is 0 Å². The molecule has 118 valence electrons. The highest BCUT2D eigenvalue weighted by atomic mass is 35.5. The Hall–Kier alpha value is -1.36. The minimum Gasteiger partial charge on any atom is -0.207 e. The lowest BCUT2D eigenvalue weighted by molar-refractivity contribution is 0.581. The zero-order valence-corrected chi connectivity index (χ0v) is 14.5. The van der Waals surface area contributed by atoms with Gasteiger partial charge in [0.05, 0.1) is 4.90 Å². The lowest BCUT2D eigenvalue weighted by atomic mass is 10.0. The molecular weight excluding hydrogens is 318 g/mol. The van der Waals surface area contributed by atoms with E-state index >= 15 is 0 Å². The standard InChI is InChI=1S/C17H20ClNO2S/c1-12(2)14-7-9-15(10-8-14)22(20,21)19-11-16-13(3)5-4-6-17(16)18/h4-10,12,19H,11H2,1-3H3. The third kappa shape index (κ3) is 3.88. The lowest BCUT2D eigenvalue weighted by Crippen LogP contribution is -2.23. The summed E-state index contributed by atoms with van der Waals surface area (Å²) in [6.07, 6.45) is 0. The van der Waals surface area contributed by atoms with Crippen LogP contribution in [0.2, 0.25) is 5.02 Å². The van der Waals surface area contributed by atoms with Gasteiger partial charge in [0.2, 0.25) is 10.0 Å². The summed E-state index contributed by atoms with van der Waals surface area (Å²) in [6, 6.07) is 12.5. The van der Waals surface area contributed by atoms with Crippen LogP contribution in [0.25, 0.3) is 0 Å². The fraction of sp³-hybridized carbons (Fsp3) is 0.294. The number of rotatable bonds is 5. The topological polar surface area (TPSA) is 46.2 Å².